The van der Waals surface area contributed by atoms with Crippen molar-refractivity contribution in [3.8, 4) is 0 Å². The van der Waals surface area contributed by atoms with Gasteiger partial charge in [0.05, 0.1) is 46.1 Å². The van der Waals surface area contributed by atoms with Crippen molar-refractivity contribution >= 4 is 23.7 Å². The molecule has 3 rings (SSSR count). The maximum atomic E-state index is 11.6. The highest BCUT2D eigenvalue weighted by molar-refractivity contribution is 6.01. The van der Waals surface area contributed by atoms with Gasteiger partial charge in [0.2, 0.25) is 5.91 Å². The van der Waals surface area contributed by atoms with Gasteiger partial charge in [-0.1, -0.05) is 12.8 Å². The van der Waals surface area contributed by atoms with E-state index in [1.165, 1.54) is 44.9 Å². The number of nitrogens with zero attached hydrogens (tertiary/aromatic N) is 1. The maximum Gasteiger partial charge on any atom is 0.335 e. The molecule has 3 fully saturated rings. The number of hydrogen-bond donors (Lipinski definition) is 4. The molecule has 0 aromatic rings. The van der Waals surface area contributed by atoms with E-state index in [4.69, 9.17) is 36.1 Å². The summed E-state index contributed by atoms with van der Waals surface area (Å²) in [4.78, 5) is 49.7. The molecule has 1 aliphatic heterocycles. The smallest absolute Gasteiger partial charge is 0.335 e. The van der Waals surface area contributed by atoms with Gasteiger partial charge in [-0.3, -0.25) is 14.4 Å². The summed E-state index contributed by atoms with van der Waals surface area (Å²) in [5.74, 6) is 1.23. The van der Waals surface area contributed by atoms with Gasteiger partial charge in [-0.2, -0.15) is 0 Å². The van der Waals surface area contributed by atoms with E-state index in [9.17, 15) is 19.2 Å². The number of amides is 3. The number of methoxy groups -OCH3 is 2. The molecule has 46 heavy (non-hydrogen) atoms. The molecule has 3 aliphatic rings. The van der Waals surface area contributed by atoms with Crippen LogP contribution in [0.2, 0.25) is 0 Å². The van der Waals surface area contributed by atoms with Crippen LogP contribution in [0, 0.1) is 23.7 Å². The van der Waals surface area contributed by atoms with Crippen molar-refractivity contribution in [2.45, 2.75) is 77.0 Å². The molecule has 1 saturated heterocycles. The fourth-order valence-corrected chi connectivity index (χ4v) is 5.59. The summed E-state index contributed by atoms with van der Waals surface area (Å²) < 4.78 is 19.9. The van der Waals surface area contributed by atoms with E-state index >= 15 is 0 Å². The average molecular weight is 660 g/mol. The van der Waals surface area contributed by atoms with E-state index in [-0.39, 0.29) is 31.8 Å². The fraction of sp³-hybridized carbons (Fsp3) is 0.875. The normalized spacial score (nSPS) is 22.8. The lowest BCUT2D eigenvalue weighted by molar-refractivity contribution is -0.198. The molecule has 2 saturated carbocycles. The molecule has 14 nitrogen and oxygen atoms in total. The molecule has 268 valence electrons. The van der Waals surface area contributed by atoms with Crippen LogP contribution in [0.5, 0.6) is 0 Å². The number of carbonyl (C=O) groups excluding carboxylic acids is 4. The minimum atomic E-state index is -0.661. The van der Waals surface area contributed by atoms with Crippen molar-refractivity contribution in [2.24, 2.45) is 40.9 Å². The molecule has 2 aliphatic carbocycles. The number of hydroxylamine groups is 2. The Labute approximate surface area is 275 Å². The second-order valence-electron chi connectivity index (χ2n) is 12.1. The Hall–Kier alpha value is -2.20. The van der Waals surface area contributed by atoms with Gasteiger partial charge in [0.1, 0.15) is 0 Å². The lowest BCUT2D eigenvalue weighted by atomic mass is 9.81. The average Bonchev–Trinajstić information content (AvgIpc) is 3.39. The van der Waals surface area contributed by atoms with Crippen LogP contribution in [-0.2, 0) is 43.0 Å². The first-order chi connectivity index (χ1) is 22.3. The van der Waals surface area contributed by atoms with E-state index < -0.39 is 17.8 Å². The molecule has 3 amide bonds. The Balaban J connectivity index is 0.000000361. The van der Waals surface area contributed by atoms with Crippen LogP contribution in [0.3, 0.4) is 0 Å². The summed E-state index contributed by atoms with van der Waals surface area (Å²) in [5.41, 5.74) is 16.9. The number of imide groups is 1. The van der Waals surface area contributed by atoms with Crippen molar-refractivity contribution in [1.29, 1.82) is 0 Å². The van der Waals surface area contributed by atoms with Crippen molar-refractivity contribution < 1.29 is 43.0 Å². The molecule has 1 heterocycles. The van der Waals surface area contributed by atoms with E-state index in [1.54, 1.807) is 14.2 Å². The number of carbonyl (C=O) groups is 4. The number of ether oxygens (including phenoxy) is 4. The SMILES string of the molecule is COCCOCCC(=O)NCC1CCCC(CN)C1.COCCOCCC(=O)ON1C(=O)CCC1=O.NCC1CCCC(CN)C1. The second kappa shape index (κ2) is 26.8. The summed E-state index contributed by atoms with van der Waals surface area (Å²) in [7, 11) is 3.18. The molecule has 0 aromatic heterocycles. The van der Waals surface area contributed by atoms with Gasteiger partial charge in [0, 0.05) is 40.0 Å². The van der Waals surface area contributed by atoms with Crippen molar-refractivity contribution in [3.05, 3.63) is 0 Å². The summed E-state index contributed by atoms with van der Waals surface area (Å²) in [5, 5.41) is 3.52. The maximum absolute atomic E-state index is 11.6. The van der Waals surface area contributed by atoms with Crippen LogP contribution in [0.1, 0.15) is 77.0 Å². The van der Waals surface area contributed by atoms with Crippen LogP contribution >= 0.6 is 0 Å². The van der Waals surface area contributed by atoms with E-state index in [1.807, 2.05) is 0 Å². The molecule has 0 bridgehead atoms. The number of hydrogen-bond acceptors (Lipinski definition) is 12. The van der Waals surface area contributed by atoms with Crippen LogP contribution in [0.15, 0.2) is 0 Å². The summed E-state index contributed by atoms with van der Waals surface area (Å²) in [6.07, 6.45) is 10.7. The van der Waals surface area contributed by atoms with Gasteiger partial charge < -0.3 is 46.3 Å². The third-order valence-electron chi connectivity index (χ3n) is 8.36. The van der Waals surface area contributed by atoms with Gasteiger partial charge in [-0.25, -0.2) is 4.79 Å². The number of nitrogens with one attached hydrogen (secondary N) is 1. The van der Waals surface area contributed by atoms with Crippen LogP contribution in [0.25, 0.3) is 0 Å². The predicted octanol–water partition coefficient (Wildman–Crippen LogP) is 1.28. The monoisotopic (exact) mass is 659 g/mol. The topological polar surface area (TPSA) is 208 Å². The molecule has 14 heteroatoms. The first-order valence-electron chi connectivity index (χ1n) is 16.8. The van der Waals surface area contributed by atoms with E-state index in [2.05, 4.69) is 10.2 Å². The summed E-state index contributed by atoms with van der Waals surface area (Å²) in [6.45, 7) is 5.85. The third-order valence-corrected chi connectivity index (χ3v) is 8.36. The van der Waals surface area contributed by atoms with Gasteiger partial charge in [0.25, 0.3) is 11.8 Å². The van der Waals surface area contributed by atoms with Gasteiger partial charge in [-0.15, -0.1) is 5.06 Å². The minimum Gasteiger partial charge on any atom is -0.382 e. The quantitative estimate of drug-likeness (QED) is 0.121. The Kier molecular flexibility index (Phi) is 24.4. The first-order valence-corrected chi connectivity index (χ1v) is 16.8. The number of nitrogens with two attached hydrogens (primary N) is 3. The van der Waals surface area contributed by atoms with Gasteiger partial charge in [-0.05, 0) is 81.8 Å². The van der Waals surface area contributed by atoms with Crippen LogP contribution in [0.4, 0.5) is 0 Å². The third kappa shape index (κ3) is 19.5. The van der Waals surface area contributed by atoms with Gasteiger partial charge >= 0.3 is 5.97 Å². The zero-order valence-electron chi connectivity index (χ0n) is 28.2. The van der Waals surface area contributed by atoms with Gasteiger partial charge in [0.15, 0.2) is 0 Å². The summed E-state index contributed by atoms with van der Waals surface area (Å²) in [6, 6.07) is 0. The Morgan fingerprint density at radius 3 is 1.63 bits per heavy atom. The highest BCUT2D eigenvalue weighted by Crippen LogP contribution is 2.28. The molecule has 0 spiro atoms. The van der Waals surface area contributed by atoms with E-state index in [0.717, 1.165) is 44.4 Å². The molecule has 4 unspecified atom stereocenters. The molecule has 7 N–H and O–H groups in total. The molecule has 4 atom stereocenters. The van der Waals surface area contributed by atoms with Crippen molar-refractivity contribution in [3.63, 3.8) is 0 Å². The van der Waals surface area contributed by atoms with E-state index in [0.29, 0.717) is 56.4 Å². The number of rotatable bonds is 18. The zero-order valence-corrected chi connectivity index (χ0v) is 28.2. The minimum absolute atomic E-state index is 0.0131. The largest absolute Gasteiger partial charge is 0.382 e. The Morgan fingerprint density at radius 2 is 1.15 bits per heavy atom. The lowest BCUT2D eigenvalue weighted by Gasteiger charge is -2.28. The first kappa shape index (κ1) is 41.8. The standard InChI is InChI=1S/C14H28N2O3.C10H15NO6.C8H18N2/c1-18-7-8-19-6-5-14(17)16-11-13-4-2-3-12(9-13)10-15;1-15-6-7-16-5-4-10(14)17-11-8(12)2-3-9(11)13;9-5-7-2-1-3-8(4-7)6-10/h12-13H,2-11,15H2,1H3,(H,16,17);2-7H2,1H3;7-8H,1-6,9-10H2. The highest BCUT2D eigenvalue weighted by Gasteiger charge is 2.32. The second-order valence-corrected chi connectivity index (χ2v) is 12.1. The van der Waals surface area contributed by atoms with Crippen molar-refractivity contribution in [2.75, 3.05) is 80.0 Å². The molecular formula is C32H61N5O9. The van der Waals surface area contributed by atoms with Crippen LogP contribution < -0.4 is 22.5 Å². The zero-order chi connectivity index (χ0) is 34.0. The Morgan fingerprint density at radius 1 is 0.696 bits per heavy atom. The fourth-order valence-electron chi connectivity index (χ4n) is 5.59. The highest BCUT2D eigenvalue weighted by atomic mass is 16.7. The van der Waals surface area contributed by atoms with Crippen molar-refractivity contribution in [1.82, 2.24) is 10.4 Å². The molecule has 0 radical (unpaired) electrons. The Bertz CT molecular complexity index is 825. The summed E-state index contributed by atoms with van der Waals surface area (Å²) >= 11 is 0. The molecule has 0 aromatic carbocycles. The predicted molar refractivity (Wildman–Crippen MR) is 173 cm³/mol. The molecular weight excluding hydrogens is 598 g/mol. The van der Waals surface area contributed by atoms with Crippen LogP contribution in [-0.4, -0.2) is 109 Å². The lowest BCUT2D eigenvalue weighted by Crippen LogP contribution is -2.33.